The first-order chi connectivity index (χ1) is 14.0. The van der Waals surface area contributed by atoms with E-state index in [0.717, 1.165) is 4.90 Å². The Morgan fingerprint density at radius 3 is 2.24 bits per heavy atom. The van der Waals surface area contributed by atoms with Crippen LogP contribution in [0.2, 0.25) is 0 Å². The van der Waals surface area contributed by atoms with Crippen LogP contribution in [0.3, 0.4) is 0 Å². The smallest absolute Gasteiger partial charge is 0.261 e. The highest BCUT2D eigenvalue weighted by Crippen LogP contribution is 2.38. The summed E-state index contributed by atoms with van der Waals surface area (Å²) in [5.41, 5.74) is 2.01. The molecule has 2 aromatic rings. The maximum Gasteiger partial charge on any atom is 0.261 e. The fourth-order valence-electron chi connectivity index (χ4n) is 3.70. The quantitative estimate of drug-likeness (QED) is 0.407. The largest absolute Gasteiger partial charge is 0.394 e. The Balaban J connectivity index is 1.58. The number of ether oxygens (including phenoxy) is 2. The lowest BCUT2D eigenvalue weighted by molar-refractivity contribution is 0.0292. The number of methoxy groups -OCH3 is 1. The summed E-state index contributed by atoms with van der Waals surface area (Å²) in [6.07, 6.45) is -1.20. The number of aliphatic hydroxyl groups is 1. The van der Waals surface area contributed by atoms with Gasteiger partial charge in [-0.05, 0) is 31.2 Å². The Labute approximate surface area is 173 Å². The number of carbonyl (C=O) groups is 2. The van der Waals surface area contributed by atoms with Crippen LogP contribution < -0.4 is 0 Å². The molecule has 1 N–H and O–H groups in total. The number of imide groups is 1. The van der Waals surface area contributed by atoms with Crippen molar-refractivity contribution < 1.29 is 24.2 Å². The summed E-state index contributed by atoms with van der Waals surface area (Å²) in [5.74, 6) is -0.1000. The molecule has 0 aromatic heterocycles. The fraction of sp³-hybridized carbons (Fsp3) is 0.364. The number of hydrogen-bond donors (Lipinski definition) is 1. The fourth-order valence-corrected chi connectivity index (χ4v) is 4.73. The molecule has 7 heteroatoms. The minimum Gasteiger partial charge on any atom is -0.394 e. The van der Waals surface area contributed by atoms with Crippen LogP contribution in [0.4, 0.5) is 0 Å². The second-order valence-electron chi connectivity index (χ2n) is 7.24. The van der Waals surface area contributed by atoms with E-state index in [1.807, 2.05) is 31.2 Å². The summed E-state index contributed by atoms with van der Waals surface area (Å²) in [6.45, 7) is 1.84. The van der Waals surface area contributed by atoms with E-state index in [0.29, 0.717) is 16.9 Å². The van der Waals surface area contributed by atoms with E-state index >= 15 is 0 Å². The number of hydrogen-bond acceptors (Lipinski definition) is 6. The highest BCUT2D eigenvalue weighted by molar-refractivity contribution is 7.99. The van der Waals surface area contributed by atoms with Gasteiger partial charge in [0.15, 0.2) is 0 Å². The summed E-state index contributed by atoms with van der Waals surface area (Å²) < 4.78 is 11.1. The lowest BCUT2D eigenvalue weighted by Crippen LogP contribution is -2.46. The molecule has 2 aliphatic heterocycles. The standard InChI is InChI=1S/C22H23NO5S/c1-13-7-9-14(10-8-13)29-12-17(19-20(28-19)18(11-24)27-2)23-21(25)15-5-3-4-6-16(15)22(23)26/h3-10,17-20,24H,11-12H2,1-2H3. The van der Waals surface area contributed by atoms with Crippen LogP contribution in [0.1, 0.15) is 26.3 Å². The predicted molar refractivity (Wildman–Crippen MR) is 109 cm³/mol. The maximum atomic E-state index is 13.0. The van der Waals surface area contributed by atoms with Crippen molar-refractivity contribution in [2.24, 2.45) is 0 Å². The van der Waals surface area contributed by atoms with Crippen LogP contribution in [0, 0.1) is 6.92 Å². The van der Waals surface area contributed by atoms with Gasteiger partial charge < -0.3 is 14.6 Å². The average molecular weight is 413 g/mol. The van der Waals surface area contributed by atoms with Crippen LogP contribution >= 0.6 is 11.8 Å². The number of carbonyl (C=O) groups excluding carboxylic acids is 2. The minimum atomic E-state index is -0.484. The molecule has 0 saturated carbocycles. The summed E-state index contributed by atoms with van der Waals surface area (Å²) in [7, 11) is 1.51. The Morgan fingerprint density at radius 2 is 1.69 bits per heavy atom. The molecule has 29 heavy (non-hydrogen) atoms. The molecule has 6 nitrogen and oxygen atoms in total. The van der Waals surface area contributed by atoms with Crippen molar-refractivity contribution in [3.8, 4) is 0 Å². The lowest BCUT2D eigenvalue weighted by Gasteiger charge is -2.25. The van der Waals surface area contributed by atoms with Crippen molar-refractivity contribution in [2.75, 3.05) is 19.5 Å². The van der Waals surface area contributed by atoms with E-state index in [4.69, 9.17) is 9.47 Å². The van der Waals surface area contributed by atoms with Gasteiger partial charge in [-0.2, -0.15) is 0 Å². The SMILES string of the molecule is COC(CO)C1OC1C(CSc1ccc(C)cc1)N1C(=O)c2ccccc2C1=O. The molecule has 0 radical (unpaired) electrons. The molecular weight excluding hydrogens is 390 g/mol. The first kappa shape index (κ1) is 20.1. The monoisotopic (exact) mass is 413 g/mol. The van der Waals surface area contributed by atoms with Crippen molar-refractivity contribution in [1.82, 2.24) is 4.90 Å². The zero-order chi connectivity index (χ0) is 20.5. The van der Waals surface area contributed by atoms with Crippen LogP contribution in [0.15, 0.2) is 53.4 Å². The number of benzene rings is 2. The van der Waals surface area contributed by atoms with E-state index in [9.17, 15) is 14.7 Å². The molecule has 1 saturated heterocycles. The van der Waals surface area contributed by atoms with E-state index < -0.39 is 12.1 Å². The number of fused-ring (bicyclic) bond motifs is 1. The molecule has 2 heterocycles. The topological polar surface area (TPSA) is 79.4 Å². The van der Waals surface area contributed by atoms with Crippen LogP contribution in [-0.2, 0) is 9.47 Å². The first-order valence-electron chi connectivity index (χ1n) is 9.50. The van der Waals surface area contributed by atoms with Crippen LogP contribution in [0.5, 0.6) is 0 Å². The molecule has 152 valence electrons. The highest BCUT2D eigenvalue weighted by atomic mass is 32.2. The van der Waals surface area contributed by atoms with Gasteiger partial charge in [0.25, 0.3) is 11.8 Å². The van der Waals surface area contributed by atoms with Crippen molar-refractivity contribution in [1.29, 1.82) is 0 Å². The van der Waals surface area contributed by atoms with Crippen LogP contribution in [0.25, 0.3) is 0 Å². The van der Waals surface area contributed by atoms with Crippen molar-refractivity contribution >= 4 is 23.6 Å². The third-order valence-electron chi connectivity index (χ3n) is 5.39. The van der Waals surface area contributed by atoms with E-state index in [1.165, 1.54) is 17.6 Å². The molecule has 4 unspecified atom stereocenters. The molecule has 1 fully saturated rings. The number of aryl methyl sites for hydroxylation is 1. The summed E-state index contributed by atoms with van der Waals surface area (Å²) in [4.78, 5) is 28.4. The normalized spacial score (nSPS) is 22.5. The van der Waals surface area contributed by atoms with Gasteiger partial charge in [0.1, 0.15) is 18.3 Å². The molecule has 2 amide bonds. The Morgan fingerprint density at radius 1 is 1.07 bits per heavy atom. The summed E-state index contributed by atoms with van der Waals surface area (Å²) >= 11 is 1.57. The van der Waals surface area contributed by atoms with Gasteiger partial charge in [0.05, 0.1) is 23.8 Å². The van der Waals surface area contributed by atoms with Gasteiger partial charge in [-0.15, -0.1) is 11.8 Å². The predicted octanol–water partition coefficient (Wildman–Crippen LogP) is 2.53. The molecule has 0 bridgehead atoms. The molecule has 2 aliphatic rings. The summed E-state index contributed by atoms with van der Waals surface area (Å²) in [5, 5.41) is 9.52. The Kier molecular flexibility index (Phi) is 5.74. The van der Waals surface area contributed by atoms with Crippen LogP contribution in [-0.4, -0.2) is 65.6 Å². The Hall–Kier alpha value is -2.19. The second kappa shape index (κ2) is 8.28. The number of aliphatic hydroxyl groups excluding tert-OH is 1. The molecule has 2 aromatic carbocycles. The van der Waals surface area contributed by atoms with E-state index in [1.54, 1.807) is 36.0 Å². The minimum absolute atomic E-state index is 0.183. The van der Waals surface area contributed by atoms with Crippen molar-refractivity contribution in [3.63, 3.8) is 0 Å². The van der Waals surface area contributed by atoms with E-state index in [-0.39, 0.29) is 30.6 Å². The van der Waals surface area contributed by atoms with Gasteiger partial charge >= 0.3 is 0 Å². The average Bonchev–Trinajstić information content (AvgIpc) is 3.48. The number of thioether (sulfide) groups is 1. The van der Waals surface area contributed by atoms with Gasteiger partial charge in [0, 0.05) is 17.8 Å². The van der Waals surface area contributed by atoms with Crippen molar-refractivity contribution in [2.45, 2.75) is 36.2 Å². The third-order valence-corrected chi connectivity index (χ3v) is 6.50. The molecule has 4 rings (SSSR count). The molecular formula is C22H23NO5S. The van der Waals surface area contributed by atoms with E-state index in [2.05, 4.69) is 0 Å². The van der Waals surface area contributed by atoms with Gasteiger partial charge in [-0.25, -0.2) is 0 Å². The highest BCUT2D eigenvalue weighted by Gasteiger charge is 2.55. The van der Waals surface area contributed by atoms with Gasteiger partial charge in [-0.3, -0.25) is 14.5 Å². The van der Waals surface area contributed by atoms with Gasteiger partial charge in [-0.1, -0.05) is 29.8 Å². The molecule has 0 aliphatic carbocycles. The maximum absolute atomic E-state index is 13.0. The second-order valence-corrected chi connectivity index (χ2v) is 8.33. The number of amides is 2. The zero-order valence-electron chi connectivity index (χ0n) is 16.3. The third kappa shape index (κ3) is 3.83. The first-order valence-corrected chi connectivity index (χ1v) is 10.5. The lowest BCUT2D eigenvalue weighted by atomic mass is 10.1. The molecule has 0 spiro atoms. The molecule has 4 atom stereocenters. The number of rotatable bonds is 8. The zero-order valence-corrected chi connectivity index (χ0v) is 17.1. The number of nitrogens with zero attached hydrogens (tertiary/aromatic N) is 1. The van der Waals surface area contributed by atoms with Gasteiger partial charge in [0.2, 0.25) is 0 Å². The number of epoxide rings is 1. The Bertz CT molecular complexity index is 877. The summed E-state index contributed by atoms with van der Waals surface area (Å²) in [6, 6.07) is 14.5. The van der Waals surface area contributed by atoms with Crippen molar-refractivity contribution in [3.05, 3.63) is 65.2 Å².